The summed E-state index contributed by atoms with van der Waals surface area (Å²) in [5.74, 6) is 0.711. The number of carbonyl (C=O) groups is 1. The fourth-order valence-electron chi connectivity index (χ4n) is 4.09. The summed E-state index contributed by atoms with van der Waals surface area (Å²) in [6.45, 7) is 0.412. The fourth-order valence-corrected chi connectivity index (χ4v) is 4.09. The van der Waals surface area contributed by atoms with Crippen molar-refractivity contribution in [3.05, 3.63) is 90.3 Å². The molecule has 0 saturated carbocycles. The third-order valence-corrected chi connectivity index (χ3v) is 5.60. The first-order valence-electron chi connectivity index (χ1n) is 10.2. The first-order valence-corrected chi connectivity index (χ1v) is 10.2. The molecule has 0 radical (unpaired) electrons. The zero-order chi connectivity index (χ0) is 21.2. The summed E-state index contributed by atoms with van der Waals surface area (Å²) in [5, 5.41) is 4.11. The molecule has 154 valence electrons. The second-order valence-electron chi connectivity index (χ2n) is 7.58. The zero-order valence-corrected chi connectivity index (χ0v) is 17.2. The van der Waals surface area contributed by atoms with Crippen molar-refractivity contribution < 1.29 is 9.63 Å². The molecule has 1 atom stereocenters. The number of benzene rings is 3. The molecular formula is C25H22N4O2. The molecule has 1 aliphatic heterocycles. The first-order chi connectivity index (χ1) is 15.2. The van der Waals surface area contributed by atoms with Gasteiger partial charge in [-0.1, -0.05) is 59.8 Å². The molecule has 1 saturated heterocycles. The third-order valence-electron chi connectivity index (χ3n) is 5.60. The molecule has 0 bridgehead atoms. The van der Waals surface area contributed by atoms with E-state index in [4.69, 9.17) is 9.82 Å². The lowest BCUT2D eigenvalue weighted by Crippen LogP contribution is -2.31. The molecule has 5 rings (SSSR count). The number of nitrogens with one attached hydrogen (secondary N) is 1. The quantitative estimate of drug-likeness (QED) is 0.491. The van der Waals surface area contributed by atoms with Gasteiger partial charge in [-0.05, 0) is 35.4 Å². The Hall–Kier alpha value is -3.93. The summed E-state index contributed by atoms with van der Waals surface area (Å²) in [7, 11) is 1.52. The SMILES string of the molecule is CON=C1CC(c2nc3ccccc3[nH]2)N(C(=O)c2ccc(-c3ccccc3)cc2)C1. The second kappa shape index (κ2) is 8.07. The van der Waals surface area contributed by atoms with Gasteiger partial charge in [0.2, 0.25) is 0 Å². The van der Waals surface area contributed by atoms with Crippen molar-refractivity contribution in [3.8, 4) is 11.1 Å². The summed E-state index contributed by atoms with van der Waals surface area (Å²) in [6, 6.07) is 25.5. The molecule has 6 nitrogen and oxygen atoms in total. The van der Waals surface area contributed by atoms with E-state index < -0.39 is 0 Å². The van der Waals surface area contributed by atoms with Gasteiger partial charge < -0.3 is 14.7 Å². The van der Waals surface area contributed by atoms with Crippen LogP contribution in [0.3, 0.4) is 0 Å². The van der Waals surface area contributed by atoms with Gasteiger partial charge >= 0.3 is 0 Å². The summed E-state index contributed by atoms with van der Waals surface area (Å²) in [4.78, 5) is 28.3. The first kappa shape index (κ1) is 19.1. The Bertz CT molecular complexity index is 1210. The molecule has 1 aromatic heterocycles. The number of nitrogens with zero attached hydrogens (tertiary/aromatic N) is 3. The van der Waals surface area contributed by atoms with Crippen molar-refractivity contribution in [2.24, 2.45) is 5.16 Å². The highest BCUT2D eigenvalue weighted by molar-refractivity contribution is 6.00. The number of H-pyrrole nitrogens is 1. The molecule has 4 aromatic rings. The highest BCUT2D eigenvalue weighted by atomic mass is 16.6. The van der Waals surface area contributed by atoms with Crippen molar-refractivity contribution in [1.82, 2.24) is 14.9 Å². The molecule has 1 amide bonds. The van der Waals surface area contributed by atoms with E-state index in [2.05, 4.69) is 22.3 Å². The van der Waals surface area contributed by atoms with Crippen LogP contribution in [0.4, 0.5) is 0 Å². The minimum Gasteiger partial charge on any atom is -0.399 e. The Balaban J connectivity index is 1.45. The minimum atomic E-state index is -0.220. The smallest absolute Gasteiger partial charge is 0.254 e. The van der Waals surface area contributed by atoms with E-state index in [0.29, 0.717) is 18.5 Å². The molecule has 1 N–H and O–H groups in total. The molecule has 1 aliphatic rings. The minimum absolute atomic E-state index is 0.0497. The van der Waals surface area contributed by atoms with Gasteiger partial charge in [0, 0.05) is 12.0 Å². The van der Waals surface area contributed by atoms with E-state index in [-0.39, 0.29) is 11.9 Å². The predicted molar refractivity (Wildman–Crippen MR) is 121 cm³/mol. The number of imidazole rings is 1. The van der Waals surface area contributed by atoms with E-state index in [0.717, 1.165) is 33.7 Å². The number of oxime groups is 1. The van der Waals surface area contributed by atoms with Crippen LogP contribution in [0, 0.1) is 0 Å². The van der Waals surface area contributed by atoms with Crippen molar-refractivity contribution in [1.29, 1.82) is 0 Å². The third kappa shape index (κ3) is 3.68. The van der Waals surface area contributed by atoms with Gasteiger partial charge in [-0.2, -0.15) is 0 Å². The monoisotopic (exact) mass is 410 g/mol. The van der Waals surface area contributed by atoms with Crippen LogP contribution in [0.2, 0.25) is 0 Å². The Morgan fingerprint density at radius 1 is 1.00 bits per heavy atom. The number of carbonyl (C=O) groups excluding carboxylic acids is 1. The van der Waals surface area contributed by atoms with Gasteiger partial charge in [0.15, 0.2) is 0 Å². The van der Waals surface area contributed by atoms with Crippen LogP contribution in [0.5, 0.6) is 0 Å². The largest absolute Gasteiger partial charge is 0.399 e. The molecule has 0 spiro atoms. The van der Waals surface area contributed by atoms with Gasteiger partial charge in [-0.25, -0.2) is 4.98 Å². The average molecular weight is 410 g/mol. The molecule has 1 fully saturated rings. The number of aromatic nitrogens is 2. The maximum atomic E-state index is 13.4. The highest BCUT2D eigenvalue weighted by Gasteiger charge is 2.36. The van der Waals surface area contributed by atoms with E-state index in [1.54, 1.807) is 0 Å². The number of rotatable bonds is 4. The maximum Gasteiger partial charge on any atom is 0.254 e. The number of amides is 1. The summed E-state index contributed by atoms with van der Waals surface area (Å²) < 4.78 is 0. The van der Waals surface area contributed by atoms with Crippen molar-refractivity contribution in [3.63, 3.8) is 0 Å². The van der Waals surface area contributed by atoms with E-state index >= 15 is 0 Å². The molecule has 2 heterocycles. The van der Waals surface area contributed by atoms with Gasteiger partial charge in [0.1, 0.15) is 12.9 Å². The molecule has 6 heteroatoms. The molecule has 3 aromatic carbocycles. The molecular weight excluding hydrogens is 388 g/mol. The standard InChI is InChI=1S/C25H22N4O2/c1-31-28-20-15-23(24-26-21-9-5-6-10-22(21)27-24)29(16-20)25(30)19-13-11-18(12-14-19)17-7-3-2-4-8-17/h2-14,23H,15-16H2,1H3,(H,26,27). The van der Waals surface area contributed by atoms with Gasteiger partial charge in [0.25, 0.3) is 5.91 Å². The van der Waals surface area contributed by atoms with Crippen molar-refractivity contribution in [2.45, 2.75) is 12.5 Å². The van der Waals surface area contributed by atoms with Crippen molar-refractivity contribution in [2.75, 3.05) is 13.7 Å². The van der Waals surface area contributed by atoms with Crippen LogP contribution in [-0.4, -0.2) is 40.1 Å². The lowest BCUT2D eigenvalue weighted by atomic mass is 10.0. The maximum absolute atomic E-state index is 13.4. The molecule has 1 unspecified atom stereocenters. The van der Waals surface area contributed by atoms with Crippen LogP contribution in [0.25, 0.3) is 22.2 Å². The Morgan fingerprint density at radius 3 is 2.45 bits per heavy atom. The van der Waals surface area contributed by atoms with E-state index in [1.807, 2.05) is 71.6 Å². The summed E-state index contributed by atoms with van der Waals surface area (Å²) >= 11 is 0. The van der Waals surface area contributed by atoms with Crippen LogP contribution in [0.1, 0.15) is 28.6 Å². The van der Waals surface area contributed by atoms with Crippen LogP contribution in [-0.2, 0) is 4.84 Å². The van der Waals surface area contributed by atoms with Gasteiger partial charge in [0.05, 0.1) is 29.3 Å². The van der Waals surface area contributed by atoms with Crippen LogP contribution in [0.15, 0.2) is 84.0 Å². The van der Waals surface area contributed by atoms with Gasteiger partial charge in [-0.3, -0.25) is 4.79 Å². The van der Waals surface area contributed by atoms with Crippen LogP contribution < -0.4 is 0 Å². The number of hydrogen-bond donors (Lipinski definition) is 1. The number of para-hydroxylation sites is 2. The normalized spacial score (nSPS) is 17.4. The highest BCUT2D eigenvalue weighted by Crippen LogP contribution is 2.32. The topological polar surface area (TPSA) is 70.6 Å². The van der Waals surface area contributed by atoms with E-state index in [9.17, 15) is 4.79 Å². The average Bonchev–Trinajstić information content (AvgIpc) is 3.44. The zero-order valence-electron chi connectivity index (χ0n) is 17.2. The Morgan fingerprint density at radius 2 is 1.71 bits per heavy atom. The van der Waals surface area contributed by atoms with Gasteiger partial charge in [-0.15, -0.1) is 0 Å². The number of likely N-dealkylation sites (tertiary alicyclic amines) is 1. The Kier molecular flexibility index (Phi) is 4.96. The predicted octanol–water partition coefficient (Wildman–Crippen LogP) is 4.82. The number of hydrogen-bond acceptors (Lipinski definition) is 4. The van der Waals surface area contributed by atoms with Crippen molar-refractivity contribution >= 4 is 22.7 Å². The number of fused-ring (bicyclic) bond motifs is 1. The molecule has 0 aliphatic carbocycles. The lowest BCUT2D eigenvalue weighted by molar-refractivity contribution is 0.0734. The fraction of sp³-hybridized carbons (Fsp3) is 0.160. The number of aromatic amines is 1. The van der Waals surface area contributed by atoms with Crippen LogP contribution >= 0.6 is 0 Å². The lowest BCUT2D eigenvalue weighted by Gasteiger charge is -2.22. The Labute approximate surface area is 180 Å². The molecule has 31 heavy (non-hydrogen) atoms. The summed E-state index contributed by atoms with van der Waals surface area (Å²) in [5.41, 5.74) is 5.50. The second-order valence-corrected chi connectivity index (χ2v) is 7.58. The van der Waals surface area contributed by atoms with E-state index in [1.165, 1.54) is 7.11 Å². The summed E-state index contributed by atoms with van der Waals surface area (Å²) in [6.07, 6.45) is 0.585.